The van der Waals surface area contributed by atoms with Crippen molar-refractivity contribution in [2.45, 2.75) is 25.7 Å². The second-order valence-electron chi connectivity index (χ2n) is 3.37. The third-order valence-corrected chi connectivity index (χ3v) is 1.88. The van der Waals surface area contributed by atoms with Crippen LogP contribution in [0.25, 0.3) is 0 Å². The molecule has 4 nitrogen and oxygen atoms in total. The largest absolute Gasteiger partial charge is 0.467 e. The third kappa shape index (κ3) is 5.39. The molecule has 0 bridgehead atoms. The van der Waals surface area contributed by atoms with Crippen molar-refractivity contribution in [1.29, 1.82) is 0 Å². The molecule has 1 amide bonds. The zero-order chi connectivity index (χ0) is 12.9. The highest BCUT2D eigenvalue weighted by molar-refractivity contribution is 5.80. The summed E-state index contributed by atoms with van der Waals surface area (Å²) in [4.78, 5) is 11.3. The van der Waals surface area contributed by atoms with Gasteiger partial charge in [0, 0.05) is 0 Å². The highest BCUT2D eigenvalue weighted by Crippen LogP contribution is 2.15. The second kappa shape index (κ2) is 5.72. The minimum absolute atomic E-state index is 0.117. The van der Waals surface area contributed by atoms with E-state index < -0.39 is 24.8 Å². The van der Waals surface area contributed by atoms with Gasteiger partial charge in [-0.1, -0.05) is 0 Å². The standard InChI is InChI=1S/C10H12F3NO3/c1-7(17-6-10(11,12)13)9(15)14-5-8-3-2-4-16-8/h2-4,7H,5-6H2,1H3,(H,14,15)/t7-/m1/s1. The number of hydrogen-bond donors (Lipinski definition) is 1. The lowest BCUT2D eigenvalue weighted by molar-refractivity contribution is -0.185. The van der Waals surface area contributed by atoms with Crippen LogP contribution in [0.15, 0.2) is 22.8 Å². The fraction of sp³-hybridized carbons (Fsp3) is 0.500. The van der Waals surface area contributed by atoms with E-state index in [4.69, 9.17) is 4.42 Å². The van der Waals surface area contributed by atoms with Crippen molar-refractivity contribution < 1.29 is 27.1 Å². The van der Waals surface area contributed by atoms with Crippen LogP contribution in [-0.4, -0.2) is 24.8 Å². The molecule has 0 aromatic carbocycles. The van der Waals surface area contributed by atoms with Gasteiger partial charge in [0.1, 0.15) is 18.5 Å². The summed E-state index contributed by atoms with van der Waals surface area (Å²) >= 11 is 0. The molecule has 0 saturated carbocycles. The molecule has 0 unspecified atom stereocenters. The van der Waals surface area contributed by atoms with E-state index in [1.165, 1.54) is 13.2 Å². The van der Waals surface area contributed by atoms with E-state index in [0.29, 0.717) is 5.76 Å². The fourth-order valence-corrected chi connectivity index (χ4v) is 1.03. The van der Waals surface area contributed by atoms with E-state index in [2.05, 4.69) is 10.1 Å². The number of hydrogen-bond acceptors (Lipinski definition) is 3. The monoisotopic (exact) mass is 251 g/mol. The summed E-state index contributed by atoms with van der Waals surface area (Å²) in [5, 5.41) is 2.40. The molecule has 1 aromatic heterocycles. The molecule has 0 aliphatic rings. The van der Waals surface area contributed by atoms with E-state index in [0.717, 1.165) is 0 Å². The Morgan fingerprint density at radius 2 is 2.29 bits per heavy atom. The van der Waals surface area contributed by atoms with Crippen LogP contribution in [0.2, 0.25) is 0 Å². The molecule has 0 aliphatic carbocycles. The van der Waals surface area contributed by atoms with Crippen LogP contribution >= 0.6 is 0 Å². The van der Waals surface area contributed by atoms with E-state index in [9.17, 15) is 18.0 Å². The van der Waals surface area contributed by atoms with Crippen LogP contribution in [0.5, 0.6) is 0 Å². The average molecular weight is 251 g/mol. The van der Waals surface area contributed by atoms with E-state index in [-0.39, 0.29) is 6.54 Å². The van der Waals surface area contributed by atoms with Gasteiger partial charge in [0.25, 0.3) is 0 Å². The summed E-state index contributed by atoms with van der Waals surface area (Å²) < 4.78 is 44.8. The molecule has 1 heterocycles. The number of alkyl halides is 3. The van der Waals surface area contributed by atoms with Gasteiger partial charge >= 0.3 is 6.18 Å². The lowest BCUT2D eigenvalue weighted by Crippen LogP contribution is -2.36. The molecule has 0 saturated heterocycles. The van der Waals surface area contributed by atoms with Crippen molar-refractivity contribution in [2.24, 2.45) is 0 Å². The van der Waals surface area contributed by atoms with Crippen molar-refractivity contribution in [3.05, 3.63) is 24.2 Å². The lowest BCUT2D eigenvalue weighted by Gasteiger charge is -2.14. The number of nitrogens with one attached hydrogen (secondary N) is 1. The number of halogens is 3. The molecule has 7 heteroatoms. The second-order valence-corrected chi connectivity index (χ2v) is 3.37. The van der Waals surface area contributed by atoms with Crippen LogP contribution in [0.3, 0.4) is 0 Å². The first kappa shape index (κ1) is 13.6. The van der Waals surface area contributed by atoms with Crippen molar-refractivity contribution in [3.8, 4) is 0 Å². The SMILES string of the molecule is C[C@@H](OCC(F)(F)F)C(=O)NCc1ccco1. The van der Waals surface area contributed by atoms with E-state index >= 15 is 0 Å². The topological polar surface area (TPSA) is 51.5 Å². The summed E-state index contributed by atoms with van der Waals surface area (Å²) in [5.41, 5.74) is 0. The Morgan fingerprint density at radius 1 is 1.59 bits per heavy atom. The first-order valence-corrected chi connectivity index (χ1v) is 4.87. The Morgan fingerprint density at radius 3 is 2.82 bits per heavy atom. The van der Waals surface area contributed by atoms with Crippen LogP contribution in [0, 0.1) is 0 Å². The molecule has 0 spiro atoms. The molecule has 17 heavy (non-hydrogen) atoms. The van der Waals surface area contributed by atoms with Gasteiger partial charge in [0.05, 0.1) is 12.8 Å². The van der Waals surface area contributed by atoms with E-state index in [1.54, 1.807) is 12.1 Å². The maximum absolute atomic E-state index is 11.8. The van der Waals surface area contributed by atoms with Crippen molar-refractivity contribution in [2.75, 3.05) is 6.61 Å². The summed E-state index contributed by atoms with van der Waals surface area (Å²) in [7, 11) is 0. The lowest BCUT2D eigenvalue weighted by atomic mass is 10.3. The molecule has 96 valence electrons. The molecular weight excluding hydrogens is 239 g/mol. The maximum atomic E-state index is 11.8. The van der Waals surface area contributed by atoms with Crippen molar-refractivity contribution in [1.82, 2.24) is 5.32 Å². The molecule has 1 atom stereocenters. The molecule has 0 radical (unpaired) electrons. The van der Waals surface area contributed by atoms with Crippen LogP contribution < -0.4 is 5.32 Å². The van der Waals surface area contributed by atoms with Gasteiger partial charge in [-0.05, 0) is 19.1 Å². The third-order valence-electron chi connectivity index (χ3n) is 1.88. The van der Waals surface area contributed by atoms with Gasteiger partial charge in [0.15, 0.2) is 0 Å². The van der Waals surface area contributed by atoms with Gasteiger partial charge in [0.2, 0.25) is 5.91 Å². The highest BCUT2D eigenvalue weighted by atomic mass is 19.4. The van der Waals surface area contributed by atoms with Crippen molar-refractivity contribution in [3.63, 3.8) is 0 Å². The van der Waals surface area contributed by atoms with Crippen LogP contribution in [0.1, 0.15) is 12.7 Å². The summed E-state index contributed by atoms with van der Waals surface area (Å²) in [5.74, 6) is -0.105. The van der Waals surface area contributed by atoms with Gasteiger partial charge in [-0.25, -0.2) is 0 Å². The first-order valence-electron chi connectivity index (χ1n) is 4.87. The highest BCUT2D eigenvalue weighted by Gasteiger charge is 2.29. The zero-order valence-corrected chi connectivity index (χ0v) is 9.08. The minimum atomic E-state index is -4.43. The fourth-order valence-electron chi connectivity index (χ4n) is 1.03. The molecular formula is C10H12F3NO3. The smallest absolute Gasteiger partial charge is 0.411 e. The number of furan rings is 1. The average Bonchev–Trinajstić information content (AvgIpc) is 2.74. The van der Waals surface area contributed by atoms with Gasteiger partial charge in [-0.15, -0.1) is 0 Å². The Kier molecular flexibility index (Phi) is 4.56. The summed E-state index contributed by atoms with van der Waals surface area (Å²) in [6.07, 6.45) is -4.16. The molecule has 1 rings (SSSR count). The van der Waals surface area contributed by atoms with Gasteiger partial charge in [-0.3, -0.25) is 4.79 Å². The van der Waals surface area contributed by atoms with Crippen LogP contribution in [-0.2, 0) is 16.1 Å². The Labute approximate surface area is 95.7 Å². The van der Waals surface area contributed by atoms with Gasteiger partial charge < -0.3 is 14.5 Å². The predicted octanol–water partition coefficient (Wildman–Crippen LogP) is 1.86. The van der Waals surface area contributed by atoms with Gasteiger partial charge in [-0.2, -0.15) is 13.2 Å². The Balaban J connectivity index is 2.27. The number of carbonyl (C=O) groups excluding carboxylic acids is 1. The molecule has 0 aliphatic heterocycles. The maximum Gasteiger partial charge on any atom is 0.411 e. The normalized spacial score (nSPS) is 13.4. The molecule has 0 fully saturated rings. The van der Waals surface area contributed by atoms with E-state index in [1.807, 2.05) is 0 Å². The number of amides is 1. The predicted molar refractivity (Wildman–Crippen MR) is 52.0 cm³/mol. The number of carbonyl (C=O) groups is 1. The zero-order valence-electron chi connectivity index (χ0n) is 9.08. The number of ether oxygens (including phenoxy) is 1. The van der Waals surface area contributed by atoms with Crippen LogP contribution in [0.4, 0.5) is 13.2 Å². The first-order chi connectivity index (χ1) is 7.88. The quantitative estimate of drug-likeness (QED) is 0.869. The van der Waals surface area contributed by atoms with Crippen molar-refractivity contribution >= 4 is 5.91 Å². The summed E-state index contributed by atoms with van der Waals surface area (Å²) in [6.45, 7) is -0.0723. The Hall–Kier alpha value is -1.50. The molecule has 1 N–H and O–H groups in total. The summed E-state index contributed by atoms with van der Waals surface area (Å²) in [6, 6.07) is 3.28. The Bertz CT molecular complexity index is 348. The minimum Gasteiger partial charge on any atom is -0.467 e. The number of rotatable bonds is 5. The molecule has 1 aromatic rings.